The normalized spacial score (nSPS) is 21.6. The molecule has 3 aromatic rings. The standard InChI is InChI=1S/C28H36N2O4/c1-17-19-12-21-22(28(2,3)4)16-33-24(21)14-25(19)34-27(32)20(17)13-26(31)29-15-18-8-7-11-30-10-6-5-9-23(18)30/h12,14,16,18,23H,5-11,13,15H2,1-4H3,(H,29,31)/t18-,23+/m0/s1. The van der Waals surface area contributed by atoms with Crippen LogP contribution in [-0.4, -0.2) is 36.5 Å². The topological polar surface area (TPSA) is 75.7 Å². The van der Waals surface area contributed by atoms with Gasteiger partial charge in [0.2, 0.25) is 5.91 Å². The zero-order valence-corrected chi connectivity index (χ0v) is 20.8. The van der Waals surface area contributed by atoms with Gasteiger partial charge >= 0.3 is 5.63 Å². The number of amides is 1. The Balaban J connectivity index is 1.37. The molecule has 0 aliphatic carbocycles. The first kappa shape index (κ1) is 23.2. The van der Waals surface area contributed by atoms with Crippen molar-refractivity contribution in [3.05, 3.63) is 45.5 Å². The highest BCUT2D eigenvalue weighted by Crippen LogP contribution is 2.35. The molecule has 2 aliphatic rings. The first-order valence-corrected chi connectivity index (χ1v) is 12.7. The Morgan fingerprint density at radius 2 is 1.88 bits per heavy atom. The lowest BCUT2D eigenvalue weighted by Crippen LogP contribution is -2.51. The number of nitrogens with zero attached hydrogens (tertiary/aromatic N) is 1. The van der Waals surface area contributed by atoms with Crippen molar-refractivity contribution in [3.63, 3.8) is 0 Å². The van der Waals surface area contributed by atoms with Crippen molar-refractivity contribution in [2.75, 3.05) is 19.6 Å². The zero-order valence-electron chi connectivity index (χ0n) is 20.8. The molecule has 0 radical (unpaired) electrons. The van der Waals surface area contributed by atoms with Crippen molar-refractivity contribution in [1.29, 1.82) is 0 Å². The summed E-state index contributed by atoms with van der Waals surface area (Å²) in [5.41, 5.74) is 3.03. The molecule has 0 unspecified atom stereocenters. The summed E-state index contributed by atoms with van der Waals surface area (Å²) in [6.07, 6.45) is 7.98. The summed E-state index contributed by atoms with van der Waals surface area (Å²) in [6, 6.07) is 4.41. The van der Waals surface area contributed by atoms with Crippen LogP contribution in [0.3, 0.4) is 0 Å². The summed E-state index contributed by atoms with van der Waals surface area (Å²) in [5, 5.41) is 5.00. The fourth-order valence-electron chi connectivity index (χ4n) is 5.98. The smallest absolute Gasteiger partial charge is 0.340 e. The number of hydrogen-bond acceptors (Lipinski definition) is 5. The molecular formula is C28H36N2O4. The Hall–Kier alpha value is -2.60. The summed E-state index contributed by atoms with van der Waals surface area (Å²) >= 11 is 0. The second-order valence-electron chi connectivity index (χ2n) is 11.2. The van der Waals surface area contributed by atoms with E-state index in [0.717, 1.165) is 28.3 Å². The molecule has 6 nitrogen and oxygen atoms in total. The number of rotatable bonds is 4. The lowest BCUT2D eigenvalue weighted by Gasteiger charge is -2.44. The van der Waals surface area contributed by atoms with Crippen molar-refractivity contribution >= 4 is 27.8 Å². The van der Waals surface area contributed by atoms with Crippen molar-refractivity contribution in [2.45, 2.75) is 77.7 Å². The molecule has 182 valence electrons. The molecule has 5 rings (SSSR count). The van der Waals surface area contributed by atoms with E-state index in [1.54, 1.807) is 12.3 Å². The lowest BCUT2D eigenvalue weighted by atomic mass is 9.83. The van der Waals surface area contributed by atoms with Crippen molar-refractivity contribution in [2.24, 2.45) is 5.92 Å². The van der Waals surface area contributed by atoms with Gasteiger partial charge in [0.05, 0.1) is 18.2 Å². The summed E-state index contributed by atoms with van der Waals surface area (Å²) in [4.78, 5) is 28.3. The van der Waals surface area contributed by atoms with E-state index in [4.69, 9.17) is 8.83 Å². The highest BCUT2D eigenvalue weighted by atomic mass is 16.4. The van der Waals surface area contributed by atoms with Crippen molar-refractivity contribution in [3.8, 4) is 0 Å². The Morgan fingerprint density at radius 3 is 2.68 bits per heavy atom. The van der Waals surface area contributed by atoms with Crippen LogP contribution in [0.1, 0.15) is 69.6 Å². The number of nitrogens with one attached hydrogen (secondary N) is 1. The molecule has 4 heterocycles. The average molecular weight is 465 g/mol. The number of piperidine rings is 2. The van der Waals surface area contributed by atoms with E-state index >= 15 is 0 Å². The van der Waals surface area contributed by atoms with Crippen LogP contribution >= 0.6 is 0 Å². The first-order chi connectivity index (χ1) is 16.2. The van der Waals surface area contributed by atoms with Gasteiger partial charge in [-0.15, -0.1) is 0 Å². The monoisotopic (exact) mass is 464 g/mol. The van der Waals surface area contributed by atoms with Crippen LogP contribution in [0.5, 0.6) is 0 Å². The zero-order chi connectivity index (χ0) is 24.0. The maximum Gasteiger partial charge on any atom is 0.340 e. The predicted octanol–water partition coefficient (Wildman–Crippen LogP) is 5.07. The van der Waals surface area contributed by atoms with Crippen molar-refractivity contribution < 1.29 is 13.6 Å². The quantitative estimate of drug-likeness (QED) is 0.546. The molecule has 2 aromatic heterocycles. The van der Waals surface area contributed by atoms with Gasteiger partial charge in [-0.05, 0) is 68.7 Å². The fraction of sp³-hybridized carbons (Fsp3) is 0.571. The predicted molar refractivity (Wildman–Crippen MR) is 134 cm³/mol. The summed E-state index contributed by atoms with van der Waals surface area (Å²) in [5.74, 6) is 0.389. The van der Waals surface area contributed by atoms with E-state index in [9.17, 15) is 9.59 Å². The third kappa shape index (κ3) is 4.28. The van der Waals surface area contributed by atoms with Gasteiger partial charge < -0.3 is 19.1 Å². The minimum atomic E-state index is -0.446. The van der Waals surface area contributed by atoms with Crippen LogP contribution < -0.4 is 10.9 Å². The fourth-order valence-corrected chi connectivity index (χ4v) is 5.98. The minimum Gasteiger partial charge on any atom is -0.464 e. The van der Waals surface area contributed by atoms with E-state index in [2.05, 4.69) is 31.0 Å². The average Bonchev–Trinajstić information content (AvgIpc) is 3.23. The van der Waals surface area contributed by atoms with E-state index in [0.29, 0.717) is 35.2 Å². The summed E-state index contributed by atoms with van der Waals surface area (Å²) < 4.78 is 11.4. The van der Waals surface area contributed by atoms with Gasteiger partial charge in [-0.25, -0.2) is 4.79 Å². The Kier molecular flexibility index (Phi) is 6.05. The summed E-state index contributed by atoms with van der Waals surface area (Å²) in [6.45, 7) is 11.4. The van der Waals surface area contributed by atoms with E-state index in [1.165, 1.54) is 38.8 Å². The van der Waals surface area contributed by atoms with Crippen molar-refractivity contribution in [1.82, 2.24) is 10.2 Å². The molecule has 1 amide bonds. The number of furan rings is 1. The van der Waals surface area contributed by atoms with Crippen LogP contribution in [0.15, 0.2) is 32.0 Å². The molecule has 0 saturated carbocycles. The first-order valence-electron chi connectivity index (χ1n) is 12.7. The number of aryl methyl sites for hydroxylation is 1. The molecular weight excluding hydrogens is 428 g/mol. The highest BCUT2D eigenvalue weighted by molar-refractivity contribution is 5.97. The van der Waals surface area contributed by atoms with Crippen LogP contribution in [-0.2, 0) is 16.6 Å². The molecule has 2 fully saturated rings. The van der Waals surface area contributed by atoms with Crippen LogP contribution in [0, 0.1) is 12.8 Å². The van der Waals surface area contributed by atoms with Gasteiger partial charge in [0.15, 0.2) is 0 Å². The molecule has 1 aromatic carbocycles. The molecule has 1 N–H and O–H groups in total. The van der Waals surface area contributed by atoms with Crippen LogP contribution in [0.4, 0.5) is 0 Å². The molecule has 2 atom stereocenters. The third-order valence-corrected chi connectivity index (χ3v) is 7.92. The maximum atomic E-state index is 12.9. The highest BCUT2D eigenvalue weighted by Gasteiger charge is 2.33. The van der Waals surface area contributed by atoms with Crippen LogP contribution in [0.25, 0.3) is 21.9 Å². The largest absolute Gasteiger partial charge is 0.464 e. The van der Waals surface area contributed by atoms with E-state index in [1.807, 2.05) is 13.0 Å². The molecule has 2 saturated heterocycles. The Bertz CT molecular complexity index is 1280. The number of carbonyl (C=O) groups is 1. The Morgan fingerprint density at radius 1 is 1.09 bits per heavy atom. The lowest BCUT2D eigenvalue weighted by molar-refractivity contribution is -0.120. The minimum absolute atomic E-state index is 0.0424. The van der Waals surface area contributed by atoms with Gasteiger partial charge in [-0.1, -0.05) is 27.2 Å². The third-order valence-electron chi connectivity index (χ3n) is 7.92. The van der Waals surface area contributed by atoms with Gasteiger partial charge in [0.1, 0.15) is 11.2 Å². The number of benzene rings is 1. The molecule has 0 spiro atoms. The van der Waals surface area contributed by atoms with E-state index in [-0.39, 0.29) is 17.7 Å². The van der Waals surface area contributed by atoms with Gasteiger partial charge in [-0.3, -0.25) is 4.79 Å². The molecule has 34 heavy (non-hydrogen) atoms. The molecule has 0 bridgehead atoms. The maximum absolute atomic E-state index is 12.9. The van der Waals surface area contributed by atoms with Gasteiger partial charge in [0, 0.05) is 35.0 Å². The van der Waals surface area contributed by atoms with Crippen LogP contribution in [0.2, 0.25) is 0 Å². The number of fused-ring (bicyclic) bond motifs is 3. The number of carbonyl (C=O) groups excluding carboxylic acids is 1. The van der Waals surface area contributed by atoms with Gasteiger partial charge in [-0.2, -0.15) is 0 Å². The molecule has 2 aliphatic heterocycles. The molecule has 6 heteroatoms. The second-order valence-corrected chi connectivity index (χ2v) is 11.2. The SMILES string of the molecule is Cc1c(CC(=O)NC[C@@H]2CCCN3CCCC[C@H]23)c(=O)oc2cc3occ(C(C)(C)C)c3cc12. The van der Waals surface area contributed by atoms with Gasteiger partial charge in [0.25, 0.3) is 0 Å². The van der Waals surface area contributed by atoms with E-state index < -0.39 is 5.63 Å². The summed E-state index contributed by atoms with van der Waals surface area (Å²) in [7, 11) is 0. The Labute approximate surface area is 200 Å². The second kappa shape index (κ2) is 8.88. The number of hydrogen-bond donors (Lipinski definition) is 1.